The summed E-state index contributed by atoms with van der Waals surface area (Å²) in [7, 11) is 0. The van der Waals surface area contributed by atoms with Crippen molar-refractivity contribution in [1.82, 2.24) is 0 Å². The number of nitro groups is 1. The second-order valence-electron chi connectivity index (χ2n) is 9.24. The molecule has 2 aliphatic heterocycles. The number of piperidine rings is 1. The molecule has 4 rings (SSSR count). The minimum absolute atomic E-state index is 0.00916. The molecule has 0 bridgehead atoms. The smallest absolute Gasteiger partial charge is 0.317 e. The number of carbonyl (C=O) groups excluding carboxylic acids is 1. The highest BCUT2D eigenvalue weighted by Crippen LogP contribution is 2.56. The summed E-state index contributed by atoms with van der Waals surface area (Å²) in [6, 6.07) is 2.13. The Morgan fingerprint density at radius 3 is 2.67 bits per heavy atom. The van der Waals surface area contributed by atoms with Gasteiger partial charge in [0.15, 0.2) is 5.78 Å². The van der Waals surface area contributed by atoms with E-state index in [1.807, 2.05) is 18.7 Å². The molecule has 174 valence electrons. The summed E-state index contributed by atoms with van der Waals surface area (Å²) in [5, 5.41) is 23.8. The first kappa shape index (κ1) is 23.4. The van der Waals surface area contributed by atoms with Crippen molar-refractivity contribution in [2.75, 3.05) is 18.0 Å². The van der Waals surface area contributed by atoms with Gasteiger partial charge in [0.1, 0.15) is 27.3 Å². The van der Waals surface area contributed by atoms with E-state index in [2.05, 4.69) is 12.6 Å². The molecule has 1 aromatic rings. The standard InChI is InChI=1S/C23H26N4O4S2/c1-4-32-22-19(27(29)30)18(26-8-6-5-7-9-26)20(33-22)16-13(12-24)21(25)31-15-11-23(2,3)10-14(28)17(15)16/h4,16H,1,5-11,25H2,2-3H3. The van der Waals surface area contributed by atoms with E-state index in [4.69, 9.17) is 10.5 Å². The number of nitrogens with two attached hydrogens (primary N) is 1. The molecule has 8 nitrogen and oxygen atoms in total. The maximum Gasteiger partial charge on any atom is 0.317 e. The number of anilines is 1. The zero-order valence-corrected chi connectivity index (χ0v) is 20.3. The lowest BCUT2D eigenvalue weighted by atomic mass is 9.71. The van der Waals surface area contributed by atoms with Gasteiger partial charge in [0, 0.05) is 36.4 Å². The van der Waals surface area contributed by atoms with Crippen LogP contribution in [0, 0.1) is 26.9 Å². The molecule has 1 aromatic heterocycles. The number of carbonyl (C=O) groups is 1. The predicted octanol–water partition coefficient (Wildman–Crippen LogP) is 5.33. The SMILES string of the molecule is C=CSc1sc(C2C(C#N)=C(N)OC3=C2C(=O)CC(C)(C)C3)c(N2CCCCC2)c1[N+](=O)[O-]. The van der Waals surface area contributed by atoms with E-state index >= 15 is 0 Å². The van der Waals surface area contributed by atoms with Crippen LogP contribution in [0.15, 0.2) is 39.0 Å². The maximum absolute atomic E-state index is 13.4. The van der Waals surface area contributed by atoms with Crippen molar-refractivity contribution in [1.29, 1.82) is 5.26 Å². The Balaban J connectivity index is 1.99. The number of Topliss-reactive ketones (excluding diaryl/α,β-unsaturated/α-hetero) is 1. The molecule has 3 heterocycles. The molecule has 10 heteroatoms. The lowest BCUT2D eigenvalue weighted by Crippen LogP contribution is -2.34. The number of rotatable bonds is 5. The van der Waals surface area contributed by atoms with E-state index in [9.17, 15) is 20.2 Å². The van der Waals surface area contributed by atoms with Crippen LogP contribution in [-0.4, -0.2) is 23.8 Å². The molecule has 0 radical (unpaired) electrons. The second kappa shape index (κ2) is 8.88. The molecule has 0 spiro atoms. The molecular formula is C23H26N4O4S2. The van der Waals surface area contributed by atoms with Crippen molar-refractivity contribution in [2.45, 2.75) is 56.1 Å². The first-order valence-electron chi connectivity index (χ1n) is 10.9. The van der Waals surface area contributed by atoms with Crippen molar-refractivity contribution >= 4 is 40.3 Å². The van der Waals surface area contributed by atoms with Crippen molar-refractivity contribution in [2.24, 2.45) is 11.1 Å². The van der Waals surface area contributed by atoms with E-state index in [0.717, 1.165) is 19.3 Å². The molecule has 0 aromatic carbocycles. The van der Waals surface area contributed by atoms with Crippen molar-refractivity contribution in [3.8, 4) is 6.07 Å². The van der Waals surface area contributed by atoms with Gasteiger partial charge < -0.3 is 15.4 Å². The molecule has 1 fully saturated rings. The number of thiophene rings is 1. The summed E-state index contributed by atoms with van der Waals surface area (Å²) in [4.78, 5) is 27.9. The van der Waals surface area contributed by atoms with Crippen LogP contribution in [0.25, 0.3) is 0 Å². The Morgan fingerprint density at radius 2 is 2.06 bits per heavy atom. The maximum atomic E-state index is 13.4. The quantitative estimate of drug-likeness (QED) is 0.336. The van der Waals surface area contributed by atoms with Crippen LogP contribution in [0.2, 0.25) is 0 Å². The molecule has 1 unspecified atom stereocenters. The van der Waals surface area contributed by atoms with E-state index in [1.165, 1.54) is 23.1 Å². The van der Waals surface area contributed by atoms with Gasteiger partial charge >= 0.3 is 5.69 Å². The Kier molecular flexibility index (Phi) is 6.29. The number of nitrogens with zero attached hydrogens (tertiary/aromatic N) is 3. The lowest BCUT2D eigenvalue weighted by Gasteiger charge is -2.37. The topological polar surface area (TPSA) is 122 Å². The third-order valence-electron chi connectivity index (χ3n) is 6.24. The van der Waals surface area contributed by atoms with Gasteiger partial charge in [0.05, 0.1) is 10.8 Å². The number of hydrogen-bond acceptors (Lipinski definition) is 9. The van der Waals surface area contributed by atoms with Crippen LogP contribution in [0.4, 0.5) is 11.4 Å². The van der Waals surface area contributed by atoms with Gasteiger partial charge in [-0.1, -0.05) is 32.2 Å². The molecular weight excluding hydrogens is 460 g/mol. The minimum atomic E-state index is -0.776. The summed E-state index contributed by atoms with van der Waals surface area (Å²) in [5.41, 5.74) is 6.91. The van der Waals surface area contributed by atoms with E-state index < -0.39 is 5.92 Å². The van der Waals surface area contributed by atoms with Crippen LogP contribution < -0.4 is 10.6 Å². The normalized spacial score (nSPS) is 22.5. The van der Waals surface area contributed by atoms with Gasteiger partial charge in [0.2, 0.25) is 5.88 Å². The largest absolute Gasteiger partial charge is 0.444 e. The zero-order chi connectivity index (χ0) is 23.9. The molecule has 3 aliphatic rings. The van der Waals surface area contributed by atoms with Gasteiger partial charge in [-0.05, 0) is 30.1 Å². The highest BCUT2D eigenvalue weighted by molar-refractivity contribution is 8.04. The lowest BCUT2D eigenvalue weighted by molar-refractivity contribution is -0.386. The monoisotopic (exact) mass is 486 g/mol. The number of nitriles is 1. The third-order valence-corrected chi connectivity index (χ3v) is 8.38. The van der Waals surface area contributed by atoms with Crippen LogP contribution in [0.5, 0.6) is 0 Å². The number of ether oxygens (including phenoxy) is 1. The van der Waals surface area contributed by atoms with Gasteiger partial charge in [0.25, 0.3) is 0 Å². The van der Waals surface area contributed by atoms with E-state index in [1.54, 1.807) is 5.41 Å². The highest BCUT2D eigenvalue weighted by atomic mass is 32.2. The Bertz CT molecular complexity index is 1140. The molecule has 1 atom stereocenters. The average molecular weight is 487 g/mol. The van der Waals surface area contributed by atoms with Gasteiger partial charge in [-0.15, -0.1) is 11.3 Å². The summed E-state index contributed by atoms with van der Waals surface area (Å²) < 4.78 is 6.28. The molecule has 0 saturated carbocycles. The summed E-state index contributed by atoms with van der Waals surface area (Å²) in [6.07, 6.45) is 3.73. The Labute approximate surface area is 200 Å². The highest BCUT2D eigenvalue weighted by Gasteiger charge is 2.46. The Morgan fingerprint density at radius 1 is 1.36 bits per heavy atom. The molecule has 0 amide bonds. The van der Waals surface area contributed by atoms with Crippen molar-refractivity contribution < 1.29 is 14.5 Å². The number of ketones is 1. The third kappa shape index (κ3) is 4.15. The fourth-order valence-corrected chi connectivity index (χ4v) is 7.14. The molecule has 1 saturated heterocycles. The van der Waals surface area contributed by atoms with Gasteiger partial charge in [-0.2, -0.15) is 5.26 Å². The first-order valence-corrected chi connectivity index (χ1v) is 12.6. The van der Waals surface area contributed by atoms with Crippen LogP contribution in [-0.2, 0) is 9.53 Å². The van der Waals surface area contributed by atoms with E-state index in [-0.39, 0.29) is 33.3 Å². The van der Waals surface area contributed by atoms with Crippen molar-refractivity contribution in [3.63, 3.8) is 0 Å². The molecule has 1 aliphatic carbocycles. The summed E-state index contributed by atoms with van der Waals surface area (Å²) in [5.74, 6) is -0.450. The van der Waals surface area contributed by atoms with Gasteiger partial charge in [-0.25, -0.2) is 0 Å². The van der Waals surface area contributed by atoms with Crippen LogP contribution in [0.3, 0.4) is 0 Å². The fraction of sp³-hybridized carbons (Fsp3) is 0.478. The van der Waals surface area contributed by atoms with Crippen LogP contribution >= 0.6 is 23.1 Å². The fourth-order valence-electron chi connectivity index (χ4n) is 4.89. The zero-order valence-electron chi connectivity index (χ0n) is 18.7. The number of allylic oxidation sites excluding steroid dienone is 3. The van der Waals surface area contributed by atoms with Gasteiger partial charge in [-0.3, -0.25) is 14.9 Å². The van der Waals surface area contributed by atoms with Crippen molar-refractivity contribution in [3.05, 3.63) is 49.8 Å². The van der Waals surface area contributed by atoms with Crippen LogP contribution in [0.1, 0.15) is 56.7 Å². The number of thioether (sulfide) groups is 1. The summed E-state index contributed by atoms with van der Waals surface area (Å²) in [6.45, 7) is 9.06. The van der Waals surface area contributed by atoms with E-state index in [0.29, 0.717) is 52.0 Å². The molecule has 2 N–H and O–H groups in total. The Hall–Kier alpha value is -2.77. The average Bonchev–Trinajstić information content (AvgIpc) is 3.12. The summed E-state index contributed by atoms with van der Waals surface area (Å²) >= 11 is 2.43. The second-order valence-corrected chi connectivity index (χ2v) is 11.5. The number of hydrogen-bond donors (Lipinski definition) is 1. The predicted molar refractivity (Wildman–Crippen MR) is 129 cm³/mol. The first-order chi connectivity index (χ1) is 15.7. The molecule has 33 heavy (non-hydrogen) atoms. The minimum Gasteiger partial charge on any atom is -0.444 e.